The van der Waals surface area contributed by atoms with Crippen LogP contribution >= 0.6 is 0 Å². The Kier molecular flexibility index (Phi) is 5.76. The van der Waals surface area contributed by atoms with Gasteiger partial charge in [0.25, 0.3) is 0 Å². The van der Waals surface area contributed by atoms with Gasteiger partial charge in [-0.1, -0.05) is 91.0 Å². The van der Waals surface area contributed by atoms with Crippen molar-refractivity contribution in [1.29, 1.82) is 5.26 Å². The Morgan fingerprint density at radius 2 is 1.43 bits per heavy atom. The number of carbonyl (C=O) groups excluding carboxylic acids is 1. The number of rotatable bonds is 5. The quantitative estimate of drug-likeness (QED) is 0.310. The first kappa shape index (κ1) is 24.3. The number of hydrogen-bond acceptors (Lipinski definition) is 4. The van der Waals surface area contributed by atoms with E-state index < -0.39 is 5.54 Å². The van der Waals surface area contributed by atoms with Gasteiger partial charge in [-0.15, -0.1) is 0 Å². The van der Waals surface area contributed by atoms with E-state index in [0.717, 1.165) is 59.2 Å². The number of nitriles is 1. The van der Waals surface area contributed by atoms with Crippen LogP contribution in [0.4, 0.5) is 5.69 Å². The summed E-state index contributed by atoms with van der Waals surface area (Å²) in [5.41, 5.74) is 3.97. The number of amides is 1. The zero-order valence-corrected chi connectivity index (χ0v) is 22.1. The summed E-state index contributed by atoms with van der Waals surface area (Å²) in [5.74, 6) is 0.176. The standard InChI is InChI=1S/C34H29N5O/c35-23-30-29-22-28(38-21-19-33(32(38)40)18-20-36-24-33)16-17-31(29)39(37-30)34(25-10-4-1-5-11-25,26-12-6-2-7-13-26)27-14-8-3-9-15-27/h1-17,22,36H,18-21,24H2/t33-/m0/s1. The van der Waals surface area contributed by atoms with Crippen LogP contribution in [0.2, 0.25) is 0 Å². The highest BCUT2D eigenvalue weighted by molar-refractivity contribution is 6.02. The average molecular weight is 524 g/mol. The number of nitrogens with zero attached hydrogens (tertiary/aromatic N) is 4. The largest absolute Gasteiger partial charge is 0.316 e. The Hall–Kier alpha value is -4.73. The summed E-state index contributed by atoms with van der Waals surface area (Å²) in [6, 6.07) is 39.3. The molecule has 6 nitrogen and oxygen atoms in total. The summed E-state index contributed by atoms with van der Waals surface area (Å²) in [5, 5.41) is 19.4. The fraction of sp³-hybridized carbons (Fsp3) is 0.206. The van der Waals surface area contributed by atoms with E-state index in [1.165, 1.54) is 0 Å². The normalized spacial score (nSPS) is 19.0. The zero-order chi connectivity index (χ0) is 27.2. The van der Waals surface area contributed by atoms with Crippen LogP contribution in [0.15, 0.2) is 109 Å². The predicted octanol–water partition coefficient (Wildman–Crippen LogP) is 5.46. The minimum Gasteiger partial charge on any atom is -0.316 e. The van der Waals surface area contributed by atoms with Gasteiger partial charge < -0.3 is 10.2 Å². The van der Waals surface area contributed by atoms with E-state index in [2.05, 4.69) is 47.8 Å². The molecule has 6 heteroatoms. The number of fused-ring (bicyclic) bond motifs is 1. The summed E-state index contributed by atoms with van der Waals surface area (Å²) in [6.07, 6.45) is 1.72. The van der Waals surface area contributed by atoms with Gasteiger partial charge in [0.2, 0.25) is 5.91 Å². The molecule has 1 amide bonds. The van der Waals surface area contributed by atoms with E-state index in [0.29, 0.717) is 12.2 Å². The van der Waals surface area contributed by atoms with Crippen LogP contribution in [-0.2, 0) is 10.3 Å². The van der Waals surface area contributed by atoms with Crippen LogP contribution in [0.3, 0.4) is 0 Å². The summed E-state index contributed by atoms with van der Waals surface area (Å²) in [6.45, 7) is 2.30. The molecule has 1 atom stereocenters. The lowest BCUT2D eigenvalue weighted by atomic mass is 9.77. The molecular formula is C34H29N5O. The molecular weight excluding hydrogens is 494 g/mol. The van der Waals surface area contributed by atoms with Crippen molar-refractivity contribution in [2.75, 3.05) is 24.5 Å². The summed E-state index contributed by atoms with van der Waals surface area (Å²) < 4.78 is 2.00. The Balaban J connectivity index is 1.48. The van der Waals surface area contributed by atoms with Gasteiger partial charge in [-0.25, -0.2) is 4.68 Å². The number of anilines is 1. The Morgan fingerprint density at radius 1 is 0.825 bits per heavy atom. The highest BCUT2D eigenvalue weighted by atomic mass is 16.2. The topological polar surface area (TPSA) is 74.0 Å². The van der Waals surface area contributed by atoms with E-state index in [4.69, 9.17) is 5.10 Å². The molecule has 0 bridgehead atoms. The van der Waals surface area contributed by atoms with Crippen LogP contribution in [-0.4, -0.2) is 35.3 Å². The first-order valence-electron chi connectivity index (χ1n) is 13.8. The molecule has 196 valence electrons. The predicted molar refractivity (Wildman–Crippen MR) is 156 cm³/mol. The summed E-state index contributed by atoms with van der Waals surface area (Å²) in [4.78, 5) is 15.4. The summed E-state index contributed by atoms with van der Waals surface area (Å²) in [7, 11) is 0. The van der Waals surface area contributed by atoms with Crippen molar-refractivity contribution in [2.24, 2.45) is 5.41 Å². The molecule has 1 N–H and O–H groups in total. The maximum Gasteiger partial charge on any atom is 0.234 e. The van der Waals surface area contributed by atoms with Crippen LogP contribution in [0, 0.1) is 16.7 Å². The molecule has 4 aromatic carbocycles. The fourth-order valence-electron chi connectivity index (χ4n) is 6.72. The van der Waals surface area contributed by atoms with Crippen molar-refractivity contribution in [3.8, 4) is 6.07 Å². The second-order valence-corrected chi connectivity index (χ2v) is 10.8. The van der Waals surface area contributed by atoms with E-state index >= 15 is 0 Å². The lowest BCUT2D eigenvalue weighted by molar-refractivity contribution is -0.124. The van der Waals surface area contributed by atoms with Gasteiger partial charge in [-0.05, 0) is 54.3 Å². The summed E-state index contributed by atoms with van der Waals surface area (Å²) >= 11 is 0. The monoisotopic (exact) mass is 523 g/mol. The van der Waals surface area contributed by atoms with Crippen LogP contribution in [0.1, 0.15) is 35.2 Å². The molecule has 0 saturated carbocycles. The molecule has 2 aliphatic rings. The van der Waals surface area contributed by atoms with Crippen molar-refractivity contribution in [1.82, 2.24) is 15.1 Å². The lowest BCUT2D eigenvalue weighted by Gasteiger charge is -2.37. The number of benzene rings is 4. The maximum absolute atomic E-state index is 13.5. The Bertz CT molecular complexity index is 1640. The van der Waals surface area contributed by atoms with Gasteiger partial charge in [0.1, 0.15) is 11.6 Å². The van der Waals surface area contributed by atoms with E-state index in [-0.39, 0.29) is 11.3 Å². The number of aromatic nitrogens is 2. The Morgan fingerprint density at radius 3 is 1.95 bits per heavy atom. The second-order valence-electron chi connectivity index (χ2n) is 10.8. The van der Waals surface area contributed by atoms with Crippen LogP contribution < -0.4 is 10.2 Å². The number of carbonyl (C=O) groups is 1. The molecule has 0 aliphatic carbocycles. The maximum atomic E-state index is 13.5. The first-order chi connectivity index (χ1) is 19.7. The third-order valence-corrected chi connectivity index (χ3v) is 8.73. The van der Waals surface area contributed by atoms with Crippen LogP contribution in [0.25, 0.3) is 10.9 Å². The molecule has 5 aromatic rings. The van der Waals surface area contributed by atoms with Crippen LogP contribution in [0.5, 0.6) is 0 Å². The van der Waals surface area contributed by atoms with Crippen molar-refractivity contribution in [3.05, 3.63) is 132 Å². The molecule has 2 aliphatic heterocycles. The van der Waals surface area contributed by atoms with Gasteiger partial charge >= 0.3 is 0 Å². The highest BCUT2D eigenvalue weighted by Gasteiger charge is 2.49. The third kappa shape index (κ3) is 3.52. The third-order valence-electron chi connectivity index (χ3n) is 8.73. The molecule has 3 heterocycles. The smallest absolute Gasteiger partial charge is 0.234 e. The lowest BCUT2D eigenvalue weighted by Crippen LogP contribution is -2.38. The van der Waals surface area contributed by atoms with Gasteiger partial charge in [-0.3, -0.25) is 4.79 Å². The molecule has 0 radical (unpaired) electrons. The van der Waals surface area contributed by atoms with E-state index in [1.807, 2.05) is 82.4 Å². The van der Waals surface area contributed by atoms with Crippen molar-refractivity contribution < 1.29 is 4.79 Å². The van der Waals surface area contributed by atoms with Gasteiger partial charge in [0, 0.05) is 24.2 Å². The fourth-order valence-corrected chi connectivity index (χ4v) is 6.72. The molecule has 40 heavy (non-hydrogen) atoms. The van der Waals surface area contributed by atoms with E-state index in [1.54, 1.807) is 0 Å². The second kappa shape index (κ2) is 9.48. The van der Waals surface area contributed by atoms with Crippen molar-refractivity contribution in [3.63, 3.8) is 0 Å². The SMILES string of the molecule is N#Cc1nn(C(c2ccccc2)(c2ccccc2)c2ccccc2)c2ccc(N3CC[C@]4(CCNC4)C3=O)cc12. The van der Waals surface area contributed by atoms with E-state index in [9.17, 15) is 10.1 Å². The Labute approximate surface area is 233 Å². The number of hydrogen-bond donors (Lipinski definition) is 1. The zero-order valence-electron chi connectivity index (χ0n) is 22.1. The minimum atomic E-state index is -0.832. The molecule has 2 saturated heterocycles. The minimum absolute atomic E-state index is 0.176. The average Bonchev–Trinajstić information content (AvgIpc) is 3.73. The van der Waals surface area contributed by atoms with Gasteiger partial charge in [0.05, 0.1) is 10.9 Å². The highest BCUT2D eigenvalue weighted by Crippen LogP contribution is 2.44. The van der Waals surface area contributed by atoms with Crippen molar-refractivity contribution in [2.45, 2.75) is 18.4 Å². The molecule has 1 spiro atoms. The first-order valence-corrected chi connectivity index (χ1v) is 13.8. The molecule has 7 rings (SSSR count). The number of nitrogens with one attached hydrogen (secondary N) is 1. The molecule has 2 fully saturated rings. The van der Waals surface area contributed by atoms with Gasteiger partial charge in [0.15, 0.2) is 5.69 Å². The van der Waals surface area contributed by atoms with Crippen molar-refractivity contribution >= 4 is 22.5 Å². The molecule has 1 aromatic heterocycles. The van der Waals surface area contributed by atoms with Gasteiger partial charge in [-0.2, -0.15) is 10.4 Å². The molecule has 0 unspecified atom stereocenters.